The van der Waals surface area contributed by atoms with Crippen molar-refractivity contribution in [2.45, 2.75) is 33.2 Å². The summed E-state index contributed by atoms with van der Waals surface area (Å²) in [6, 6.07) is 5.15. The van der Waals surface area contributed by atoms with Crippen molar-refractivity contribution in [3.05, 3.63) is 33.9 Å². The van der Waals surface area contributed by atoms with Crippen molar-refractivity contribution < 1.29 is 9.66 Å². The summed E-state index contributed by atoms with van der Waals surface area (Å²) in [6.45, 7) is 6.21. The van der Waals surface area contributed by atoms with Gasteiger partial charge in [-0.3, -0.25) is 10.1 Å². The molecule has 5 nitrogen and oxygen atoms in total. The molecule has 0 radical (unpaired) electrons. The summed E-state index contributed by atoms with van der Waals surface area (Å²) in [6.07, 6.45) is 0.736. The van der Waals surface area contributed by atoms with Crippen LogP contribution in [0.2, 0.25) is 0 Å². The Morgan fingerprint density at radius 1 is 1.37 bits per heavy atom. The fourth-order valence-electron chi connectivity index (χ4n) is 2.31. The molecule has 2 unspecified atom stereocenters. The van der Waals surface area contributed by atoms with E-state index in [1.807, 2.05) is 13.0 Å². The number of hydrogen-bond acceptors (Lipinski definition) is 4. The van der Waals surface area contributed by atoms with Gasteiger partial charge in [-0.1, -0.05) is 19.9 Å². The van der Waals surface area contributed by atoms with Gasteiger partial charge in [-0.25, -0.2) is 0 Å². The highest BCUT2D eigenvalue weighted by Gasteiger charge is 2.21. The van der Waals surface area contributed by atoms with Crippen LogP contribution >= 0.6 is 0 Å². The minimum atomic E-state index is -0.418. The fourth-order valence-corrected chi connectivity index (χ4v) is 2.31. The minimum Gasteiger partial charge on any atom is -0.490 e. The van der Waals surface area contributed by atoms with Crippen LogP contribution in [-0.4, -0.2) is 18.1 Å². The Balaban J connectivity index is 3.02. The van der Waals surface area contributed by atoms with Crippen LogP contribution in [0, 0.1) is 22.0 Å². The van der Waals surface area contributed by atoms with Gasteiger partial charge >= 0.3 is 5.69 Å². The molecule has 19 heavy (non-hydrogen) atoms. The Bertz CT molecular complexity index is 436. The van der Waals surface area contributed by atoms with Gasteiger partial charge < -0.3 is 10.5 Å². The average molecular weight is 266 g/mol. The number of ether oxygens (including phenoxy) is 1. The van der Waals surface area contributed by atoms with Gasteiger partial charge in [0.05, 0.1) is 12.0 Å². The first-order valence-electron chi connectivity index (χ1n) is 6.43. The molecule has 0 heterocycles. The third-order valence-corrected chi connectivity index (χ3v) is 3.44. The third-order valence-electron chi connectivity index (χ3n) is 3.44. The van der Waals surface area contributed by atoms with Gasteiger partial charge in [-0.2, -0.15) is 0 Å². The molecule has 106 valence electrons. The predicted molar refractivity (Wildman–Crippen MR) is 75.3 cm³/mol. The van der Waals surface area contributed by atoms with Gasteiger partial charge in [0.2, 0.25) is 0 Å². The molecule has 0 saturated heterocycles. The molecule has 1 aromatic rings. The molecule has 0 aliphatic heterocycles. The highest BCUT2D eigenvalue weighted by molar-refractivity contribution is 5.48. The summed E-state index contributed by atoms with van der Waals surface area (Å²) in [5.41, 5.74) is 6.91. The van der Waals surface area contributed by atoms with E-state index in [0.29, 0.717) is 11.8 Å². The average Bonchev–Trinajstić information content (AvgIpc) is 2.34. The SMILES string of the molecule is COc1ccc(CC(C(C)C)C(C)N)cc1[N+](=O)[O-]. The van der Waals surface area contributed by atoms with Crippen molar-refractivity contribution in [2.75, 3.05) is 7.11 Å². The molecule has 1 rings (SSSR count). The summed E-state index contributed by atoms with van der Waals surface area (Å²) in [5, 5.41) is 11.0. The van der Waals surface area contributed by atoms with E-state index in [4.69, 9.17) is 10.5 Å². The largest absolute Gasteiger partial charge is 0.490 e. The van der Waals surface area contributed by atoms with Crippen molar-refractivity contribution in [1.29, 1.82) is 0 Å². The lowest BCUT2D eigenvalue weighted by atomic mass is 9.84. The highest BCUT2D eigenvalue weighted by atomic mass is 16.6. The monoisotopic (exact) mass is 266 g/mol. The second-order valence-electron chi connectivity index (χ2n) is 5.23. The molecule has 0 spiro atoms. The van der Waals surface area contributed by atoms with E-state index >= 15 is 0 Å². The maximum Gasteiger partial charge on any atom is 0.311 e. The number of nitrogens with two attached hydrogens (primary N) is 1. The minimum absolute atomic E-state index is 0.00665. The van der Waals surface area contributed by atoms with Crippen molar-refractivity contribution in [2.24, 2.45) is 17.6 Å². The highest BCUT2D eigenvalue weighted by Crippen LogP contribution is 2.29. The zero-order chi connectivity index (χ0) is 14.6. The normalized spacial score (nSPS) is 14.2. The molecule has 2 atom stereocenters. The zero-order valence-corrected chi connectivity index (χ0v) is 11.9. The Hall–Kier alpha value is -1.62. The quantitative estimate of drug-likeness (QED) is 0.634. The molecule has 0 fully saturated rings. The Morgan fingerprint density at radius 3 is 2.42 bits per heavy atom. The molecular formula is C14H22N2O3. The van der Waals surface area contributed by atoms with Crippen LogP contribution in [0.25, 0.3) is 0 Å². The molecule has 0 aliphatic carbocycles. The lowest BCUT2D eigenvalue weighted by Gasteiger charge is -2.24. The summed E-state index contributed by atoms with van der Waals surface area (Å²) >= 11 is 0. The van der Waals surface area contributed by atoms with Crippen LogP contribution in [0.15, 0.2) is 18.2 Å². The van der Waals surface area contributed by atoms with E-state index in [0.717, 1.165) is 12.0 Å². The first-order valence-corrected chi connectivity index (χ1v) is 6.43. The van der Waals surface area contributed by atoms with Crippen molar-refractivity contribution in [3.8, 4) is 5.75 Å². The number of nitro benzene ring substituents is 1. The molecule has 2 N–H and O–H groups in total. The number of nitro groups is 1. The molecule has 0 bridgehead atoms. The second-order valence-corrected chi connectivity index (χ2v) is 5.23. The van der Waals surface area contributed by atoms with E-state index in [-0.39, 0.29) is 17.5 Å². The van der Waals surface area contributed by atoms with Crippen LogP contribution in [0.5, 0.6) is 5.75 Å². The zero-order valence-electron chi connectivity index (χ0n) is 11.9. The maximum atomic E-state index is 11.0. The van der Waals surface area contributed by atoms with E-state index in [1.54, 1.807) is 12.1 Å². The first kappa shape index (κ1) is 15.4. The molecule has 0 amide bonds. The Kier molecular flexibility index (Phi) is 5.30. The van der Waals surface area contributed by atoms with Gasteiger partial charge in [0.15, 0.2) is 5.75 Å². The van der Waals surface area contributed by atoms with Crippen molar-refractivity contribution in [3.63, 3.8) is 0 Å². The van der Waals surface area contributed by atoms with Crippen LogP contribution in [0.1, 0.15) is 26.3 Å². The van der Waals surface area contributed by atoms with Gasteiger partial charge in [0.25, 0.3) is 0 Å². The Morgan fingerprint density at radius 2 is 2.00 bits per heavy atom. The summed E-state index contributed by atoms with van der Waals surface area (Å²) in [7, 11) is 1.43. The molecule has 0 aliphatic rings. The number of methoxy groups -OCH3 is 1. The summed E-state index contributed by atoms with van der Waals surface area (Å²) < 4.78 is 5.00. The first-order chi connectivity index (χ1) is 8.86. The lowest BCUT2D eigenvalue weighted by Crippen LogP contribution is -2.32. The lowest BCUT2D eigenvalue weighted by molar-refractivity contribution is -0.385. The van der Waals surface area contributed by atoms with Crippen LogP contribution in [0.4, 0.5) is 5.69 Å². The summed E-state index contributed by atoms with van der Waals surface area (Å²) in [5.74, 6) is 1.02. The number of benzene rings is 1. The van der Waals surface area contributed by atoms with Crippen LogP contribution < -0.4 is 10.5 Å². The summed E-state index contributed by atoms with van der Waals surface area (Å²) in [4.78, 5) is 10.6. The third kappa shape index (κ3) is 3.92. The van der Waals surface area contributed by atoms with Crippen molar-refractivity contribution in [1.82, 2.24) is 0 Å². The van der Waals surface area contributed by atoms with E-state index in [9.17, 15) is 10.1 Å². The second kappa shape index (κ2) is 6.52. The smallest absolute Gasteiger partial charge is 0.311 e. The Labute approximate surface area is 113 Å². The van der Waals surface area contributed by atoms with Gasteiger partial charge in [-0.05, 0) is 36.8 Å². The van der Waals surface area contributed by atoms with E-state index in [1.165, 1.54) is 7.11 Å². The number of rotatable bonds is 6. The molecule has 5 heteroatoms. The standard InChI is InChI=1S/C14H22N2O3/c1-9(2)12(10(3)15)7-11-5-6-14(19-4)13(8-11)16(17)18/h5-6,8-10,12H,7,15H2,1-4H3. The fraction of sp³-hybridized carbons (Fsp3) is 0.571. The van der Waals surface area contributed by atoms with Gasteiger partial charge in [0.1, 0.15) is 0 Å². The number of nitrogens with zero attached hydrogens (tertiary/aromatic N) is 1. The number of hydrogen-bond donors (Lipinski definition) is 1. The van der Waals surface area contributed by atoms with E-state index in [2.05, 4.69) is 13.8 Å². The molecular weight excluding hydrogens is 244 g/mol. The van der Waals surface area contributed by atoms with Crippen molar-refractivity contribution >= 4 is 5.69 Å². The molecule has 0 aromatic heterocycles. The molecule has 0 saturated carbocycles. The molecule has 1 aromatic carbocycles. The topological polar surface area (TPSA) is 78.4 Å². The van der Waals surface area contributed by atoms with Crippen LogP contribution in [0.3, 0.4) is 0 Å². The van der Waals surface area contributed by atoms with Gasteiger partial charge in [-0.15, -0.1) is 0 Å². The predicted octanol–water partition coefficient (Wildman–Crippen LogP) is 2.77. The maximum absolute atomic E-state index is 11.0. The van der Waals surface area contributed by atoms with E-state index < -0.39 is 4.92 Å². The van der Waals surface area contributed by atoms with Gasteiger partial charge in [0, 0.05) is 12.1 Å². The van der Waals surface area contributed by atoms with Crippen LogP contribution in [-0.2, 0) is 6.42 Å².